The maximum Gasteiger partial charge on any atom is 0.416 e. The molecule has 1 N–H and O–H groups in total. The Morgan fingerprint density at radius 3 is 2.38 bits per heavy atom. The third-order valence-corrected chi connectivity index (χ3v) is 5.13. The fourth-order valence-electron chi connectivity index (χ4n) is 3.40. The molecule has 1 aromatic carbocycles. The molecule has 1 aromatic rings. The van der Waals surface area contributed by atoms with Gasteiger partial charge < -0.3 is 5.32 Å². The highest BCUT2D eigenvalue weighted by Gasteiger charge is 2.34. The Bertz CT molecular complexity index is 576. The third-order valence-electron chi connectivity index (χ3n) is 5.13. The number of alkyl halides is 3. The molecule has 3 rings (SSSR count). The van der Waals surface area contributed by atoms with E-state index in [0.717, 1.165) is 38.2 Å². The number of carbonyl (C=O) groups excluding carboxylic acids is 1. The first kappa shape index (κ1) is 17.3. The van der Waals surface area contributed by atoms with Crippen molar-refractivity contribution in [1.29, 1.82) is 0 Å². The molecule has 0 aromatic heterocycles. The Morgan fingerprint density at radius 1 is 1.12 bits per heavy atom. The number of nitrogens with one attached hydrogen (secondary N) is 1. The normalized spacial score (nSPS) is 20.6. The monoisotopic (exact) mass is 340 g/mol. The van der Waals surface area contributed by atoms with Crippen LogP contribution in [0.3, 0.4) is 0 Å². The smallest absolute Gasteiger partial charge is 0.353 e. The zero-order chi connectivity index (χ0) is 17.2. The van der Waals surface area contributed by atoms with Crippen LogP contribution >= 0.6 is 0 Å². The SMILES string of the molecule is O=C(NC1CCN(Cc2ccccc2C(F)(F)F)CC1)C1CCC1. The number of amides is 1. The highest BCUT2D eigenvalue weighted by atomic mass is 19.4. The molecule has 1 aliphatic heterocycles. The van der Waals surface area contributed by atoms with Crippen molar-refractivity contribution >= 4 is 5.91 Å². The van der Waals surface area contributed by atoms with Gasteiger partial charge in [-0.3, -0.25) is 9.69 Å². The maximum atomic E-state index is 13.1. The average molecular weight is 340 g/mol. The van der Waals surface area contributed by atoms with Crippen LogP contribution in [-0.2, 0) is 17.5 Å². The standard InChI is InChI=1S/C18H23F3N2O/c19-18(20,21)16-7-2-1-4-14(16)12-23-10-8-15(9-11-23)22-17(24)13-5-3-6-13/h1-2,4,7,13,15H,3,5-6,8-12H2,(H,22,24). The second kappa shape index (κ2) is 7.13. The number of nitrogens with zero attached hydrogens (tertiary/aromatic N) is 1. The second-order valence-electron chi connectivity index (χ2n) is 6.84. The number of hydrogen-bond acceptors (Lipinski definition) is 2. The highest BCUT2D eigenvalue weighted by Crippen LogP contribution is 2.32. The summed E-state index contributed by atoms with van der Waals surface area (Å²) in [6, 6.07) is 5.92. The average Bonchev–Trinajstić information content (AvgIpc) is 2.47. The fraction of sp³-hybridized carbons (Fsp3) is 0.611. The van der Waals surface area contributed by atoms with E-state index in [2.05, 4.69) is 5.32 Å². The number of piperidine rings is 1. The molecule has 2 fully saturated rings. The van der Waals surface area contributed by atoms with Crippen molar-refractivity contribution in [2.75, 3.05) is 13.1 Å². The van der Waals surface area contributed by atoms with Crippen molar-refractivity contribution in [3.8, 4) is 0 Å². The summed E-state index contributed by atoms with van der Waals surface area (Å²) in [5.41, 5.74) is -0.229. The summed E-state index contributed by atoms with van der Waals surface area (Å²) in [4.78, 5) is 14.0. The van der Waals surface area contributed by atoms with Gasteiger partial charge in [-0.15, -0.1) is 0 Å². The molecule has 1 amide bonds. The minimum Gasteiger partial charge on any atom is -0.353 e. The van der Waals surface area contributed by atoms with Crippen molar-refractivity contribution < 1.29 is 18.0 Å². The van der Waals surface area contributed by atoms with Gasteiger partial charge in [0, 0.05) is 31.6 Å². The van der Waals surface area contributed by atoms with Crippen LogP contribution in [0.15, 0.2) is 24.3 Å². The molecule has 0 unspecified atom stereocenters. The minimum atomic E-state index is -4.31. The quantitative estimate of drug-likeness (QED) is 0.908. The second-order valence-corrected chi connectivity index (χ2v) is 6.84. The number of rotatable bonds is 4. The summed E-state index contributed by atoms with van der Waals surface area (Å²) in [5, 5.41) is 3.10. The molecule has 132 valence electrons. The first-order valence-corrected chi connectivity index (χ1v) is 8.61. The molecule has 6 heteroatoms. The molecule has 1 heterocycles. The Kier molecular flexibility index (Phi) is 5.13. The summed E-state index contributed by atoms with van der Waals surface area (Å²) >= 11 is 0. The van der Waals surface area contributed by atoms with Crippen LogP contribution in [0.4, 0.5) is 13.2 Å². The Balaban J connectivity index is 1.51. The molecular formula is C18H23F3N2O. The van der Waals surface area contributed by atoms with Crippen LogP contribution in [-0.4, -0.2) is 29.9 Å². The molecule has 1 aliphatic carbocycles. The number of benzene rings is 1. The van der Waals surface area contributed by atoms with Crippen LogP contribution in [0.25, 0.3) is 0 Å². The number of hydrogen-bond donors (Lipinski definition) is 1. The summed E-state index contributed by atoms with van der Waals surface area (Å²) in [6.07, 6.45) is 0.387. The predicted molar refractivity (Wildman–Crippen MR) is 85.2 cm³/mol. The van der Waals surface area contributed by atoms with E-state index < -0.39 is 11.7 Å². The van der Waals surface area contributed by atoms with E-state index in [1.54, 1.807) is 12.1 Å². The van der Waals surface area contributed by atoms with Gasteiger partial charge >= 0.3 is 6.18 Å². The van der Waals surface area contributed by atoms with Gasteiger partial charge in [-0.25, -0.2) is 0 Å². The third kappa shape index (κ3) is 4.09. The lowest BCUT2D eigenvalue weighted by Crippen LogP contribution is -2.47. The molecule has 3 nitrogen and oxygen atoms in total. The predicted octanol–water partition coefficient (Wildman–Crippen LogP) is 3.59. The van der Waals surface area contributed by atoms with Gasteiger partial charge in [0.2, 0.25) is 5.91 Å². The van der Waals surface area contributed by atoms with Gasteiger partial charge in [-0.1, -0.05) is 24.6 Å². The Labute approximate surface area is 140 Å². The molecule has 0 spiro atoms. The van der Waals surface area contributed by atoms with Crippen LogP contribution < -0.4 is 5.32 Å². The summed E-state index contributed by atoms with van der Waals surface area (Å²) in [5.74, 6) is 0.337. The van der Waals surface area contributed by atoms with Crippen LogP contribution in [0.1, 0.15) is 43.2 Å². The number of carbonyl (C=O) groups is 1. The molecular weight excluding hydrogens is 317 g/mol. The molecule has 0 atom stereocenters. The van der Waals surface area contributed by atoms with Gasteiger partial charge in [-0.05, 0) is 37.3 Å². The highest BCUT2D eigenvalue weighted by molar-refractivity contribution is 5.79. The van der Waals surface area contributed by atoms with E-state index in [-0.39, 0.29) is 17.9 Å². The van der Waals surface area contributed by atoms with Gasteiger partial charge in [0.05, 0.1) is 5.56 Å². The molecule has 24 heavy (non-hydrogen) atoms. The molecule has 0 bridgehead atoms. The van der Waals surface area contributed by atoms with Crippen LogP contribution in [0, 0.1) is 5.92 Å². The van der Waals surface area contributed by atoms with Crippen molar-refractivity contribution in [3.63, 3.8) is 0 Å². The maximum absolute atomic E-state index is 13.1. The summed E-state index contributed by atoms with van der Waals surface area (Å²) < 4.78 is 39.2. The zero-order valence-corrected chi connectivity index (χ0v) is 13.6. The lowest BCUT2D eigenvalue weighted by Gasteiger charge is -2.34. The van der Waals surface area contributed by atoms with Crippen molar-refractivity contribution in [3.05, 3.63) is 35.4 Å². The van der Waals surface area contributed by atoms with E-state index in [4.69, 9.17) is 0 Å². The van der Waals surface area contributed by atoms with E-state index >= 15 is 0 Å². The van der Waals surface area contributed by atoms with Crippen molar-refractivity contribution in [2.45, 2.75) is 50.9 Å². The fourth-order valence-corrected chi connectivity index (χ4v) is 3.40. The van der Waals surface area contributed by atoms with Crippen molar-refractivity contribution in [2.24, 2.45) is 5.92 Å². The molecule has 2 aliphatic rings. The molecule has 1 saturated heterocycles. The summed E-state index contributed by atoms with van der Waals surface area (Å²) in [7, 11) is 0. The lowest BCUT2D eigenvalue weighted by molar-refractivity contribution is -0.138. The van der Waals surface area contributed by atoms with Gasteiger partial charge in [0.25, 0.3) is 0 Å². The number of likely N-dealkylation sites (tertiary alicyclic amines) is 1. The number of halogens is 3. The largest absolute Gasteiger partial charge is 0.416 e. The lowest BCUT2D eigenvalue weighted by atomic mass is 9.84. The topological polar surface area (TPSA) is 32.3 Å². The van der Waals surface area contributed by atoms with Crippen LogP contribution in [0.2, 0.25) is 0 Å². The Hall–Kier alpha value is -1.56. The van der Waals surface area contributed by atoms with Gasteiger partial charge in [0.1, 0.15) is 0 Å². The van der Waals surface area contributed by atoms with Gasteiger partial charge in [-0.2, -0.15) is 13.2 Å². The molecule has 1 saturated carbocycles. The van der Waals surface area contributed by atoms with Gasteiger partial charge in [0.15, 0.2) is 0 Å². The Morgan fingerprint density at radius 2 is 1.79 bits per heavy atom. The first-order valence-electron chi connectivity index (χ1n) is 8.61. The minimum absolute atomic E-state index is 0.155. The summed E-state index contributed by atoms with van der Waals surface area (Å²) in [6.45, 7) is 1.72. The first-order chi connectivity index (χ1) is 11.4. The van der Waals surface area contributed by atoms with E-state index in [9.17, 15) is 18.0 Å². The van der Waals surface area contributed by atoms with Crippen LogP contribution in [0.5, 0.6) is 0 Å². The zero-order valence-electron chi connectivity index (χ0n) is 13.6. The van der Waals surface area contributed by atoms with Crippen molar-refractivity contribution in [1.82, 2.24) is 10.2 Å². The van der Waals surface area contributed by atoms with E-state index in [1.165, 1.54) is 6.07 Å². The van der Waals surface area contributed by atoms with E-state index in [0.29, 0.717) is 25.2 Å². The van der Waals surface area contributed by atoms with E-state index in [1.807, 2.05) is 4.90 Å². The molecule has 0 radical (unpaired) electrons.